The lowest BCUT2D eigenvalue weighted by Crippen LogP contribution is -2.14. The molecule has 0 bridgehead atoms. The standard InChI is InChI=1S/C14H11ClF3N3/c15-11-7-12(21-13(20-11)14(16,17)18)19-10-6-9(10)8-4-2-1-3-5-8/h1-5,7,9-10H,6H2,(H,19,20,21). The van der Waals surface area contributed by atoms with E-state index in [1.807, 2.05) is 30.3 Å². The highest BCUT2D eigenvalue weighted by atomic mass is 35.5. The second-order valence-electron chi connectivity index (χ2n) is 4.90. The van der Waals surface area contributed by atoms with E-state index in [1.54, 1.807) is 0 Å². The summed E-state index contributed by atoms with van der Waals surface area (Å²) in [6, 6.07) is 11.2. The number of hydrogen-bond acceptors (Lipinski definition) is 3. The summed E-state index contributed by atoms with van der Waals surface area (Å²) in [5, 5.41) is 2.76. The molecule has 21 heavy (non-hydrogen) atoms. The monoisotopic (exact) mass is 313 g/mol. The van der Waals surface area contributed by atoms with Gasteiger partial charge in [-0.3, -0.25) is 0 Å². The minimum Gasteiger partial charge on any atom is -0.367 e. The second-order valence-corrected chi connectivity index (χ2v) is 5.29. The first kappa shape index (κ1) is 14.1. The molecule has 0 saturated heterocycles. The molecule has 0 aliphatic heterocycles. The molecule has 1 aliphatic carbocycles. The van der Waals surface area contributed by atoms with Crippen molar-refractivity contribution in [2.75, 3.05) is 5.32 Å². The van der Waals surface area contributed by atoms with E-state index < -0.39 is 12.0 Å². The number of aromatic nitrogens is 2. The quantitative estimate of drug-likeness (QED) is 0.866. The molecule has 0 radical (unpaired) electrons. The van der Waals surface area contributed by atoms with Crippen LogP contribution in [0.3, 0.4) is 0 Å². The van der Waals surface area contributed by atoms with Gasteiger partial charge in [-0.2, -0.15) is 13.2 Å². The molecule has 2 unspecified atom stereocenters. The minimum atomic E-state index is -4.61. The highest BCUT2D eigenvalue weighted by Crippen LogP contribution is 2.42. The molecule has 0 amide bonds. The van der Waals surface area contributed by atoms with Crippen LogP contribution in [0.15, 0.2) is 36.4 Å². The van der Waals surface area contributed by atoms with Crippen LogP contribution < -0.4 is 5.32 Å². The van der Waals surface area contributed by atoms with E-state index in [1.165, 1.54) is 6.07 Å². The third-order valence-corrected chi connectivity index (χ3v) is 3.49. The number of rotatable bonds is 3. The Labute approximate surface area is 124 Å². The van der Waals surface area contributed by atoms with Crippen LogP contribution in [0.25, 0.3) is 0 Å². The number of benzene rings is 1. The van der Waals surface area contributed by atoms with Crippen LogP contribution >= 0.6 is 11.6 Å². The van der Waals surface area contributed by atoms with Crippen molar-refractivity contribution in [3.63, 3.8) is 0 Å². The van der Waals surface area contributed by atoms with E-state index in [0.29, 0.717) is 0 Å². The average Bonchev–Trinajstić information content (AvgIpc) is 3.17. The van der Waals surface area contributed by atoms with Crippen LogP contribution in [0.2, 0.25) is 5.15 Å². The van der Waals surface area contributed by atoms with Crippen molar-refractivity contribution < 1.29 is 13.2 Å². The van der Waals surface area contributed by atoms with Crippen molar-refractivity contribution in [3.05, 3.63) is 52.9 Å². The Balaban J connectivity index is 1.74. The van der Waals surface area contributed by atoms with E-state index in [-0.39, 0.29) is 22.9 Å². The van der Waals surface area contributed by atoms with Gasteiger partial charge in [0.2, 0.25) is 5.82 Å². The first-order valence-corrected chi connectivity index (χ1v) is 6.74. The SMILES string of the molecule is FC(F)(F)c1nc(Cl)cc(NC2CC2c2ccccc2)n1. The van der Waals surface area contributed by atoms with E-state index in [0.717, 1.165) is 12.0 Å². The van der Waals surface area contributed by atoms with Crippen LogP contribution in [-0.4, -0.2) is 16.0 Å². The van der Waals surface area contributed by atoms with Gasteiger partial charge in [-0.05, 0) is 12.0 Å². The van der Waals surface area contributed by atoms with E-state index in [9.17, 15) is 13.2 Å². The predicted octanol–water partition coefficient (Wildman–Crippen LogP) is 4.12. The van der Waals surface area contributed by atoms with Crippen LogP contribution in [0.4, 0.5) is 19.0 Å². The molecular weight excluding hydrogens is 303 g/mol. The number of nitrogens with one attached hydrogen (secondary N) is 1. The Bertz CT molecular complexity index is 646. The molecule has 1 heterocycles. The van der Waals surface area contributed by atoms with Gasteiger partial charge in [0.15, 0.2) is 0 Å². The number of alkyl halides is 3. The second kappa shape index (κ2) is 5.18. The maximum Gasteiger partial charge on any atom is 0.451 e. The van der Waals surface area contributed by atoms with Gasteiger partial charge in [-0.15, -0.1) is 0 Å². The van der Waals surface area contributed by atoms with Gasteiger partial charge in [0.05, 0.1) is 0 Å². The van der Waals surface area contributed by atoms with Crippen LogP contribution in [0, 0.1) is 0 Å². The Hall–Kier alpha value is -1.82. The van der Waals surface area contributed by atoms with Gasteiger partial charge >= 0.3 is 6.18 Å². The molecule has 1 saturated carbocycles. The largest absolute Gasteiger partial charge is 0.451 e. The van der Waals surface area contributed by atoms with E-state index in [2.05, 4.69) is 15.3 Å². The summed E-state index contributed by atoms with van der Waals surface area (Å²) in [5.41, 5.74) is 1.16. The average molecular weight is 314 g/mol. The van der Waals surface area contributed by atoms with Gasteiger partial charge in [0, 0.05) is 18.0 Å². The summed E-state index contributed by atoms with van der Waals surface area (Å²) in [4.78, 5) is 6.68. The molecule has 1 aromatic carbocycles. The van der Waals surface area contributed by atoms with Crippen molar-refractivity contribution in [3.8, 4) is 0 Å². The molecule has 110 valence electrons. The summed E-state index contributed by atoms with van der Waals surface area (Å²) < 4.78 is 37.9. The van der Waals surface area contributed by atoms with Crippen molar-refractivity contribution in [2.45, 2.75) is 24.6 Å². The normalized spacial score (nSPS) is 21.1. The van der Waals surface area contributed by atoms with Gasteiger partial charge < -0.3 is 5.32 Å². The van der Waals surface area contributed by atoms with Gasteiger partial charge in [-0.1, -0.05) is 41.9 Å². The molecule has 1 aliphatic rings. The molecule has 1 fully saturated rings. The Morgan fingerprint density at radius 3 is 2.52 bits per heavy atom. The maximum atomic E-state index is 12.6. The lowest BCUT2D eigenvalue weighted by molar-refractivity contribution is -0.144. The molecule has 3 nitrogen and oxygen atoms in total. The summed E-state index contributed by atoms with van der Waals surface area (Å²) in [6.45, 7) is 0. The molecular formula is C14H11ClF3N3. The van der Waals surface area contributed by atoms with Crippen molar-refractivity contribution in [1.29, 1.82) is 0 Å². The lowest BCUT2D eigenvalue weighted by atomic mass is 10.1. The first-order chi connectivity index (χ1) is 9.93. The Morgan fingerprint density at radius 2 is 1.86 bits per heavy atom. The topological polar surface area (TPSA) is 37.8 Å². The fraction of sp³-hybridized carbons (Fsp3) is 0.286. The Kier molecular flexibility index (Phi) is 3.49. The van der Waals surface area contributed by atoms with Crippen molar-refractivity contribution in [2.24, 2.45) is 0 Å². The smallest absolute Gasteiger partial charge is 0.367 e. The number of anilines is 1. The maximum absolute atomic E-state index is 12.6. The van der Waals surface area contributed by atoms with Gasteiger partial charge in [-0.25, -0.2) is 9.97 Å². The number of hydrogen-bond donors (Lipinski definition) is 1. The Morgan fingerprint density at radius 1 is 1.14 bits per heavy atom. The molecule has 2 aromatic rings. The minimum absolute atomic E-state index is 0.0689. The molecule has 3 rings (SSSR count). The lowest BCUT2D eigenvalue weighted by Gasteiger charge is -2.09. The van der Waals surface area contributed by atoms with Crippen LogP contribution in [0.1, 0.15) is 23.7 Å². The molecule has 1 N–H and O–H groups in total. The van der Waals surface area contributed by atoms with Gasteiger partial charge in [0.25, 0.3) is 0 Å². The van der Waals surface area contributed by atoms with Crippen LogP contribution in [-0.2, 0) is 6.18 Å². The first-order valence-electron chi connectivity index (χ1n) is 6.37. The molecule has 0 spiro atoms. The summed E-state index contributed by atoms with van der Waals surface area (Å²) in [6.07, 6.45) is -3.75. The highest BCUT2D eigenvalue weighted by Gasteiger charge is 2.39. The molecule has 1 aromatic heterocycles. The summed E-state index contributed by atoms with van der Waals surface area (Å²) in [7, 11) is 0. The molecule has 2 atom stereocenters. The van der Waals surface area contributed by atoms with Gasteiger partial charge in [0.1, 0.15) is 11.0 Å². The van der Waals surface area contributed by atoms with Crippen molar-refractivity contribution >= 4 is 17.4 Å². The zero-order valence-corrected chi connectivity index (χ0v) is 11.5. The van der Waals surface area contributed by atoms with Crippen molar-refractivity contribution in [1.82, 2.24) is 9.97 Å². The number of halogens is 4. The van der Waals surface area contributed by atoms with E-state index >= 15 is 0 Å². The third kappa shape index (κ3) is 3.26. The molecule has 7 heteroatoms. The summed E-state index contributed by atoms with van der Waals surface area (Å²) in [5.74, 6) is -0.838. The highest BCUT2D eigenvalue weighted by molar-refractivity contribution is 6.29. The number of nitrogens with zero attached hydrogens (tertiary/aromatic N) is 2. The zero-order chi connectivity index (χ0) is 15.0. The zero-order valence-electron chi connectivity index (χ0n) is 10.7. The fourth-order valence-corrected chi connectivity index (χ4v) is 2.41. The predicted molar refractivity (Wildman–Crippen MR) is 73.3 cm³/mol. The summed E-state index contributed by atoms with van der Waals surface area (Å²) >= 11 is 5.62. The fourth-order valence-electron chi connectivity index (χ4n) is 2.23. The van der Waals surface area contributed by atoms with Crippen LogP contribution in [0.5, 0.6) is 0 Å². The van der Waals surface area contributed by atoms with E-state index in [4.69, 9.17) is 11.6 Å². The third-order valence-electron chi connectivity index (χ3n) is 3.30.